The largest absolute Gasteiger partial charge is 0.459 e. The summed E-state index contributed by atoms with van der Waals surface area (Å²) in [6, 6.07) is 6.26. The van der Waals surface area contributed by atoms with Crippen LogP contribution in [0.5, 0.6) is 0 Å². The van der Waals surface area contributed by atoms with E-state index < -0.39 is 21.7 Å². The summed E-state index contributed by atoms with van der Waals surface area (Å²) in [7, 11) is -3.55. The van der Waals surface area contributed by atoms with Crippen LogP contribution in [0, 0.1) is 5.82 Å². The van der Waals surface area contributed by atoms with Gasteiger partial charge in [0.15, 0.2) is 5.76 Å². The summed E-state index contributed by atoms with van der Waals surface area (Å²) in [6.45, 7) is 0. The maximum atomic E-state index is 13.2. The zero-order chi connectivity index (χ0) is 14.8. The van der Waals surface area contributed by atoms with Crippen LogP contribution in [-0.4, -0.2) is 20.6 Å². The molecule has 0 unspecified atom stereocenters. The smallest absolute Gasteiger partial charge is 0.291 e. The summed E-state index contributed by atoms with van der Waals surface area (Å²) >= 11 is 0. The molecule has 0 aliphatic carbocycles. The molecule has 106 valence electrons. The lowest BCUT2D eigenvalue weighted by atomic mass is 10.2. The number of anilines is 2. The molecule has 20 heavy (non-hydrogen) atoms. The number of carbonyl (C=O) groups is 1. The van der Waals surface area contributed by atoms with E-state index >= 15 is 0 Å². The monoisotopic (exact) mass is 298 g/mol. The number of carbonyl (C=O) groups excluding carboxylic acids is 1. The van der Waals surface area contributed by atoms with Gasteiger partial charge in [-0.3, -0.25) is 9.52 Å². The Morgan fingerprint density at radius 1 is 1.25 bits per heavy atom. The number of amides is 1. The van der Waals surface area contributed by atoms with Crippen LogP contribution in [0.3, 0.4) is 0 Å². The summed E-state index contributed by atoms with van der Waals surface area (Å²) in [6.07, 6.45) is 2.27. The number of halogens is 1. The number of hydrogen-bond donors (Lipinski definition) is 2. The number of furan rings is 1. The molecule has 1 heterocycles. The van der Waals surface area contributed by atoms with Gasteiger partial charge in [0, 0.05) is 0 Å². The van der Waals surface area contributed by atoms with E-state index in [1.54, 1.807) is 0 Å². The average Bonchev–Trinajstić information content (AvgIpc) is 2.85. The maximum absolute atomic E-state index is 13.2. The van der Waals surface area contributed by atoms with Crippen LogP contribution in [0.1, 0.15) is 10.6 Å². The van der Waals surface area contributed by atoms with Crippen molar-refractivity contribution < 1.29 is 22.0 Å². The zero-order valence-electron chi connectivity index (χ0n) is 10.4. The first-order chi connectivity index (χ1) is 9.35. The lowest BCUT2D eigenvalue weighted by Crippen LogP contribution is -2.15. The van der Waals surface area contributed by atoms with Crippen molar-refractivity contribution >= 4 is 27.3 Å². The second kappa shape index (κ2) is 5.33. The van der Waals surface area contributed by atoms with Crippen molar-refractivity contribution in [2.24, 2.45) is 0 Å². The van der Waals surface area contributed by atoms with Crippen LogP contribution >= 0.6 is 0 Å². The minimum Gasteiger partial charge on any atom is -0.459 e. The van der Waals surface area contributed by atoms with Crippen LogP contribution in [0.25, 0.3) is 0 Å². The summed E-state index contributed by atoms with van der Waals surface area (Å²) < 4.78 is 42.7. The van der Waals surface area contributed by atoms with Crippen LogP contribution in [-0.2, 0) is 10.0 Å². The highest BCUT2D eigenvalue weighted by atomic mass is 32.2. The molecule has 0 bridgehead atoms. The van der Waals surface area contributed by atoms with Gasteiger partial charge in [-0.15, -0.1) is 0 Å². The van der Waals surface area contributed by atoms with Crippen molar-refractivity contribution in [3.8, 4) is 0 Å². The molecular weight excluding hydrogens is 287 g/mol. The molecule has 0 spiro atoms. The molecule has 0 saturated carbocycles. The van der Waals surface area contributed by atoms with Crippen molar-refractivity contribution in [1.82, 2.24) is 0 Å². The highest BCUT2D eigenvalue weighted by molar-refractivity contribution is 7.92. The van der Waals surface area contributed by atoms with Crippen LogP contribution < -0.4 is 10.0 Å². The fourth-order valence-corrected chi connectivity index (χ4v) is 2.08. The SMILES string of the molecule is CS(=O)(=O)Nc1ccc(F)cc1NC(=O)c1ccco1. The predicted molar refractivity (Wildman–Crippen MR) is 71.5 cm³/mol. The fraction of sp³-hybridized carbons (Fsp3) is 0.0833. The number of sulfonamides is 1. The Hall–Kier alpha value is -2.35. The molecule has 1 aromatic carbocycles. The first-order valence-electron chi connectivity index (χ1n) is 5.47. The van der Waals surface area contributed by atoms with E-state index in [4.69, 9.17) is 4.42 Å². The molecule has 0 saturated heterocycles. The van der Waals surface area contributed by atoms with Gasteiger partial charge in [0.2, 0.25) is 10.0 Å². The fourth-order valence-electron chi connectivity index (χ4n) is 1.50. The number of hydrogen-bond acceptors (Lipinski definition) is 4. The first-order valence-corrected chi connectivity index (χ1v) is 7.36. The first kappa shape index (κ1) is 14.1. The van der Waals surface area contributed by atoms with E-state index in [2.05, 4.69) is 10.0 Å². The molecule has 2 aromatic rings. The van der Waals surface area contributed by atoms with Crippen molar-refractivity contribution in [2.75, 3.05) is 16.3 Å². The average molecular weight is 298 g/mol. The standard InChI is InChI=1S/C12H11FN2O4S/c1-20(17,18)15-9-5-4-8(13)7-10(9)14-12(16)11-3-2-6-19-11/h2-7,15H,1H3,(H,14,16). The molecule has 0 aliphatic heterocycles. The molecule has 6 nitrogen and oxygen atoms in total. The van der Waals surface area contributed by atoms with Gasteiger partial charge >= 0.3 is 0 Å². The Kier molecular flexibility index (Phi) is 3.75. The Morgan fingerprint density at radius 2 is 2.00 bits per heavy atom. The van der Waals surface area contributed by atoms with Gasteiger partial charge in [0.1, 0.15) is 5.82 Å². The second-order valence-corrected chi connectivity index (χ2v) is 5.74. The summed E-state index contributed by atoms with van der Waals surface area (Å²) in [4.78, 5) is 11.8. The van der Waals surface area contributed by atoms with E-state index in [0.717, 1.165) is 18.4 Å². The minimum atomic E-state index is -3.55. The van der Waals surface area contributed by atoms with E-state index in [-0.39, 0.29) is 17.1 Å². The van der Waals surface area contributed by atoms with Crippen LogP contribution in [0.15, 0.2) is 41.0 Å². The zero-order valence-corrected chi connectivity index (χ0v) is 11.2. The van der Waals surface area contributed by atoms with Crippen molar-refractivity contribution in [1.29, 1.82) is 0 Å². The lowest BCUT2D eigenvalue weighted by molar-refractivity contribution is 0.0996. The Labute approximate surface area is 114 Å². The Balaban J connectivity index is 2.30. The van der Waals surface area contributed by atoms with Crippen LogP contribution in [0.4, 0.5) is 15.8 Å². The molecule has 0 radical (unpaired) electrons. The second-order valence-electron chi connectivity index (χ2n) is 4.00. The third-order valence-electron chi connectivity index (χ3n) is 2.27. The molecule has 2 rings (SSSR count). The molecule has 2 N–H and O–H groups in total. The Bertz CT molecular complexity index is 726. The molecule has 0 atom stereocenters. The third kappa shape index (κ3) is 3.58. The topological polar surface area (TPSA) is 88.4 Å². The van der Waals surface area contributed by atoms with Gasteiger partial charge in [-0.2, -0.15) is 0 Å². The summed E-state index contributed by atoms with van der Waals surface area (Å²) in [5.41, 5.74) is 0.0608. The van der Waals surface area contributed by atoms with Gasteiger partial charge in [0.25, 0.3) is 5.91 Å². The van der Waals surface area contributed by atoms with Gasteiger partial charge in [-0.25, -0.2) is 12.8 Å². The Morgan fingerprint density at radius 3 is 2.60 bits per heavy atom. The molecule has 1 aromatic heterocycles. The maximum Gasteiger partial charge on any atom is 0.291 e. The lowest BCUT2D eigenvalue weighted by Gasteiger charge is -2.11. The number of benzene rings is 1. The molecule has 1 amide bonds. The molecule has 0 aliphatic rings. The van der Waals surface area contributed by atoms with Gasteiger partial charge < -0.3 is 9.73 Å². The van der Waals surface area contributed by atoms with Crippen LogP contribution in [0.2, 0.25) is 0 Å². The van der Waals surface area contributed by atoms with Gasteiger partial charge in [-0.1, -0.05) is 0 Å². The number of rotatable bonds is 4. The minimum absolute atomic E-state index is 0.00294. The molecular formula is C12H11FN2O4S. The third-order valence-corrected chi connectivity index (χ3v) is 2.86. The van der Waals surface area contributed by atoms with E-state index in [0.29, 0.717) is 0 Å². The van der Waals surface area contributed by atoms with Gasteiger partial charge in [0.05, 0.1) is 23.9 Å². The highest BCUT2D eigenvalue weighted by Crippen LogP contribution is 2.24. The highest BCUT2D eigenvalue weighted by Gasteiger charge is 2.14. The van der Waals surface area contributed by atoms with E-state index in [1.165, 1.54) is 24.5 Å². The molecule has 8 heteroatoms. The summed E-state index contributed by atoms with van der Waals surface area (Å²) in [5.74, 6) is -1.20. The van der Waals surface area contributed by atoms with Crippen molar-refractivity contribution in [3.05, 3.63) is 48.2 Å². The van der Waals surface area contributed by atoms with Gasteiger partial charge in [-0.05, 0) is 30.3 Å². The molecule has 0 fully saturated rings. The van der Waals surface area contributed by atoms with Crippen molar-refractivity contribution in [2.45, 2.75) is 0 Å². The number of nitrogens with one attached hydrogen (secondary N) is 2. The van der Waals surface area contributed by atoms with E-state index in [1.807, 2.05) is 0 Å². The van der Waals surface area contributed by atoms with E-state index in [9.17, 15) is 17.6 Å². The normalized spacial score (nSPS) is 11.1. The quantitative estimate of drug-likeness (QED) is 0.904. The predicted octanol–water partition coefficient (Wildman–Crippen LogP) is 2.04. The summed E-state index contributed by atoms with van der Waals surface area (Å²) in [5, 5.41) is 2.38. The van der Waals surface area contributed by atoms with Crippen molar-refractivity contribution in [3.63, 3.8) is 0 Å².